The highest BCUT2D eigenvalue weighted by Gasteiger charge is 2.43. The van der Waals surface area contributed by atoms with Crippen molar-refractivity contribution in [1.82, 2.24) is 19.1 Å². The van der Waals surface area contributed by atoms with Crippen LogP contribution in [0, 0.1) is 12.3 Å². The van der Waals surface area contributed by atoms with Crippen LogP contribution in [0.15, 0.2) is 53.6 Å². The number of carbonyl (C=O) groups excluding carboxylic acids is 1. The van der Waals surface area contributed by atoms with Crippen LogP contribution < -0.4 is 0 Å². The molecule has 0 radical (unpaired) electrons. The third kappa shape index (κ3) is 4.09. The van der Waals surface area contributed by atoms with Gasteiger partial charge in [-0.2, -0.15) is 9.40 Å². The predicted octanol–water partition coefficient (Wildman–Crippen LogP) is 4.32. The summed E-state index contributed by atoms with van der Waals surface area (Å²) in [5.74, 6) is 0.0492. The summed E-state index contributed by atoms with van der Waals surface area (Å²) < 4.78 is 30.6. The van der Waals surface area contributed by atoms with Crippen LogP contribution in [0.1, 0.15) is 72.2 Å². The zero-order chi connectivity index (χ0) is 24.1. The molecule has 0 bridgehead atoms. The molecule has 0 saturated carbocycles. The van der Waals surface area contributed by atoms with Gasteiger partial charge >= 0.3 is 0 Å². The molecule has 5 rings (SSSR count). The van der Waals surface area contributed by atoms with Crippen molar-refractivity contribution in [3.05, 3.63) is 76.9 Å². The molecule has 0 N–H and O–H groups in total. The van der Waals surface area contributed by atoms with Crippen molar-refractivity contribution in [2.24, 2.45) is 5.41 Å². The van der Waals surface area contributed by atoms with Gasteiger partial charge in [0.1, 0.15) is 0 Å². The molecule has 3 aromatic rings. The molecule has 2 aliphatic rings. The first-order chi connectivity index (χ1) is 16.2. The number of rotatable bonds is 5. The molecule has 1 fully saturated rings. The molecular weight excluding hydrogens is 448 g/mol. The van der Waals surface area contributed by atoms with Gasteiger partial charge in [-0.25, -0.2) is 8.42 Å². The Kier molecular flexibility index (Phi) is 5.68. The Balaban J connectivity index is 1.59. The molecule has 7 nitrogen and oxygen atoms in total. The number of hydrogen-bond donors (Lipinski definition) is 0. The van der Waals surface area contributed by atoms with Crippen molar-refractivity contribution in [1.29, 1.82) is 0 Å². The number of pyridine rings is 1. The number of Topliss-reactive ketones (excluding diaryl/α,β-unsaturated/α-hetero) is 1. The molecule has 8 heteroatoms. The van der Waals surface area contributed by atoms with E-state index in [9.17, 15) is 13.2 Å². The molecule has 3 heterocycles. The van der Waals surface area contributed by atoms with E-state index in [-0.39, 0.29) is 16.1 Å². The number of fused-ring (bicyclic) bond motifs is 1. The third-order valence-electron chi connectivity index (χ3n) is 6.83. The predicted molar refractivity (Wildman–Crippen MR) is 129 cm³/mol. The van der Waals surface area contributed by atoms with Crippen LogP contribution in [-0.2, 0) is 23.0 Å². The zero-order valence-electron chi connectivity index (χ0n) is 19.9. The van der Waals surface area contributed by atoms with Crippen LogP contribution in [0.5, 0.6) is 0 Å². The van der Waals surface area contributed by atoms with Crippen LogP contribution in [0.25, 0.3) is 0 Å². The van der Waals surface area contributed by atoms with E-state index in [0.717, 1.165) is 23.4 Å². The lowest BCUT2D eigenvalue weighted by atomic mass is 9.75. The van der Waals surface area contributed by atoms with Gasteiger partial charge in [0, 0.05) is 19.2 Å². The molecule has 2 aromatic heterocycles. The summed E-state index contributed by atoms with van der Waals surface area (Å²) in [6.45, 7) is 6.99. The molecule has 34 heavy (non-hydrogen) atoms. The fourth-order valence-electron chi connectivity index (χ4n) is 5.20. The first-order valence-electron chi connectivity index (χ1n) is 11.8. The summed E-state index contributed by atoms with van der Waals surface area (Å²) in [7, 11) is -3.71. The van der Waals surface area contributed by atoms with Gasteiger partial charge in [-0.3, -0.25) is 14.5 Å². The Morgan fingerprint density at radius 2 is 1.85 bits per heavy atom. The van der Waals surface area contributed by atoms with E-state index in [1.807, 2.05) is 41.9 Å². The topological polar surface area (TPSA) is 85.2 Å². The largest absolute Gasteiger partial charge is 0.294 e. The number of nitrogens with zero attached hydrogens (tertiary/aromatic N) is 4. The number of aromatic nitrogens is 3. The standard InChI is InChI=1S/C26H30N4O3S/c1-18-9-11-20(12-10-18)34(32,33)30-14-6-8-21(30)25-24-22(15-26(2,3)16-23(24)31)29(28-25)17-19-7-4-5-13-27-19/h4-5,7,9-13,21H,6,8,14-17H2,1-3H3/t21-/m1/s1. The number of aryl methyl sites for hydroxylation is 1. The van der Waals surface area contributed by atoms with E-state index >= 15 is 0 Å². The second-order valence-electron chi connectivity index (χ2n) is 10.2. The smallest absolute Gasteiger partial charge is 0.243 e. The third-order valence-corrected chi connectivity index (χ3v) is 8.76. The van der Waals surface area contributed by atoms with Crippen LogP contribution in [0.4, 0.5) is 0 Å². The van der Waals surface area contributed by atoms with Crippen molar-refractivity contribution in [2.45, 2.75) is 63.9 Å². The van der Waals surface area contributed by atoms with E-state index in [4.69, 9.17) is 5.10 Å². The Bertz CT molecular complexity index is 1330. The van der Waals surface area contributed by atoms with Gasteiger partial charge in [0.25, 0.3) is 0 Å². The molecule has 1 aliphatic carbocycles. The summed E-state index contributed by atoms with van der Waals surface area (Å²) in [4.78, 5) is 18.1. The molecule has 0 amide bonds. The number of carbonyl (C=O) groups is 1. The van der Waals surface area contributed by atoms with Gasteiger partial charge in [0.05, 0.1) is 40.1 Å². The van der Waals surface area contributed by atoms with E-state index in [0.29, 0.717) is 43.6 Å². The SMILES string of the molecule is Cc1ccc(S(=O)(=O)N2CCC[C@@H]2c2nn(Cc3ccccn3)c3c2C(=O)CC(C)(C)C3)cc1. The first-order valence-corrected chi connectivity index (χ1v) is 13.2. The molecule has 1 aromatic carbocycles. The average Bonchev–Trinajstić information content (AvgIpc) is 3.40. The molecular formula is C26H30N4O3S. The zero-order valence-corrected chi connectivity index (χ0v) is 20.7. The average molecular weight is 479 g/mol. The van der Waals surface area contributed by atoms with E-state index in [2.05, 4.69) is 18.8 Å². The summed E-state index contributed by atoms with van der Waals surface area (Å²) in [6, 6.07) is 12.2. The Labute approximate surface area is 200 Å². The highest BCUT2D eigenvalue weighted by molar-refractivity contribution is 7.89. The maximum Gasteiger partial charge on any atom is 0.243 e. The minimum atomic E-state index is -3.71. The molecule has 178 valence electrons. The Hall–Kier alpha value is -2.84. The van der Waals surface area contributed by atoms with Crippen LogP contribution in [-0.4, -0.2) is 39.8 Å². The van der Waals surface area contributed by atoms with E-state index < -0.39 is 16.1 Å². The van der Waals surface area contributed by atoms with Crippen LogP contribution in [0.3, 0.4) is 0 Å². The number of sulfonamides is 1. The van der Waals surface area contributed by atoms with Crippen molar-refractivity contribution < 1.29 is 13.2 Å². The molecule has 1 atom stereocenters. The summed E-state index contributed by atoms with van der Waals surface area (Å²) in [6.07, 6.45) is 4.27. The molecule has 1 saturated heterocycles. The van der Waals surface area contributed by atoms with Crippen molar-refractivity contribution >= 4 is 15.8 Å². The molecule has 1 aliphatic heterocycles. The van der Waals surface area contributed by atoms with Gasteiger partial charge in [-0.1, -0.05) is 37.6 Å². The van der Waals surface area contributed by atoms with Gasteiger partial charge in [-0.05, 0) is 55.9 Å². The Morgan fingerprint density at radius 3 is 2.56 bits per heavy atom. The van der Waals surface area contributed by atoms with Gasteiger partial charge in [-0.15, -0.1) is 0 Å². The Morgan fingerprint density at radius 1 is 1.09 bits per heavy atom. The van der Waals surface area contributed by atoms with Gasteiger partial charge < -0.3 is 0 Å². The lowest BCUT2D eigenvalue weighted by Crippen LogP contribution is -2.33. The second kappa shape index (κ2) is 8.43. The first kappa shape index (κ1) is 22.9. The van der Waals surface area contributed by atoms with Crippen LogP contribution in [0.2, 0.25) is 0 Å². The minimum absolute atomic E-state index is 0.0492. The maximum atomic E-state index is 13.6. The van der Waals surface area contributed by atoms with Gasteiger partial charge in [0.2, 0.25) is 10.0 Å². The fraction of sp³-hybridized carbons (Fsp3) is 0.423. The van der Waals surface area contributed by atoms with Crippen molar-refractivity contribution in [2.75, 3.05) is 6.54 Å². The van der Waals surface area contributed by atoms with Crippen molar-refractivity contribution in [3.63, 3.8) is 0 Å². The van der Waals surface area contributed by atoms with Gasteiger partial charge in [0.15, 0.2) is 5.78 Å². The van der Waals surface area contributed by atoms with E-state index in [1.165, 1.54) is 0 Å². The lowest BCUT2D eigenvalue weighted by Gasteiger charge is -2.30. The maximum absolute atomic E-state index is 13.6. The second-order valence-corrected chi connectivity index (χ2v) is 12.1. The quantitative estimate of drug-likeness (QED) is 0.545. The minimum Gasteiger partial charge on any atom is -0.294 e. The summed E-state index contributed by atoms with van der Waals surface area (Å²) in [5.41, 5.74) is 3.79. The number of hydrogen-bond acceptors (Lipinski definition) is 5. The molecule has 0 unspecified atom stereocenters. The van der Waals surface area contributed by atoms with Crippen LogP contribution >= 0.6 is 0 Å². The summed E-state index contributed by atoms with van der Waals surface area (Å²) >= 11 is 0. The summed E-state index contributed by atoms with van der Waals surface area (Å²) in [5, 5.41) is 4.91. The lowest BCUT2D eigenvalue weighted by molar-refractivity contribution is 0.0907. The monoisotopic (exact) mass is 478 g/mol. The highest BCUT2D eigenvalue weighted by atomic mass is 32.2. The fourth-order valence-corrected chi connectivity index (χ4v) is 6.86. The molecule has 0 spiro atoms. The van der Waals surface area contributed by atoms with Crippen molar-refractivity contribution in [3.8, 4) is 0 Å². The normalized spacial score (nSPS) is 20.4. The highest BCUT2D eigenvalue weighted by Crippen LogP contribution is 2.43. The number of ketones is 1. The number of benzene rings is 1. The van der Waals surface area contributed by atoms with E-state index in [1.54, 1.807) is 22.6 Å².